The second kappa shape index (κ2) is 7.34. The minimum atomic E-state index is -0.297. The van der Waals surface area contributed by atoms with Gasteiger partial charge < -0.3 is 15.9 Å². The minimum absolute atomic E-state index is 0.0114. The summed E-state index contributed by atoms with van der Waals surface area (Å²) in [5.41, 5.74) is 6.72. The predicted octanol–water partition coefficient (Wildman–Crippen LogP) is 0.0710. The van der Waals surface area contributed by atoms with Gasteiger partial charge in [-0.2, -0.15) is 0 Å². The van der Waals surface area contributed by atoms with Crippen LogP contribution in [0.15, 0.2) is 18.2 Å². The van der Waals surface area contributed by atoms with Gasteiger partial charge in [-0.3, -0.25) is 4.90 Å². The molecule has 1 rings (SSSR count). The molecule has 0 heterocycles. The molecule has 0 aliphatic carbocycles. The number of rotatable bonds is 7. The summed E-state index contributed by atoms with van der Waals surface area (Å²) in [6.07, 6.45) is 0. The van der Waals surface area contributed by atoms with Crippen LogP contribution in [0.25, 0.3) is 0 Å². The maximum absolute atomic E-state index is 13.7. The summed E-state index contributed by atoms with van der Waals surface area (Å²) in [6, 6.07) is 4.90. The van der Waals surface area contributed by atoms with Crippen LogP contribution in [0.2, 0.25) is 0 Å². The number of aliphatic hydroxyl groups excluding tert-OH is 2. The van der Waals surface area contributed by atoms with Crippen molar-refractivity contribution in [1.29, 1.82) is 0 Å². The average Bonchev–Trinajstić information content (AvgIpc) is 2.32. The highest BCUT2D eigenvalue weighted by Gasteiger charge is 2.09. The lowest BCUT2D eigenvalue weighted by molar-refractivity contribution is 0.154. The van der Waals surface area contributed by atoms with E-state index in [1.165, 1.54) is 6.07 Å². The molecule has 0 aliphatic heterocycles. The molecule has 17 heavy (non-hydrogen) atoms. The quantitative estimate of drug-likeness (QED) is 0.633. The number of halogens is 1. The molecule has 96 valence electrons. The third kappa shape index (κ3) is 4.40. The van der Waals surface area contributed by atoms with Crippen LogP contribution < -0.4 is 5.73 Å². The van der Waals surface area contributed by atoms with E-state index in [1.54, 1.807) is 17.0 Å². The van der Waals surface area contributed by atoms with Crippen LogP contribution in [0.3, 0.4) is 0 Å². The monoisotopic (exact) mass is 242 g/mol. The third-order valence-corrected chi connectivity index (χ3v) is 2.58. The molecule has 4 nitrogen and oxygen atoms in total. The average molecular weight is 242 g/mol. The highest BCUT2D eigenvalue weighted by atomic mass is 19.1. The lowest BCUT2D eigenvalue weighted by Crippen LogP contribution is -2.29. The van der Waals surface area contributed by atoms with Crippen LogP contribution in [-0.2, 0) is 13.1 Å². The molecule has 4 N–H and O–H groups in total. The Balaban J connectivity index is 2.71. The van der Waals surface area contributed by atoms with Crippen LogP contribution in [0.4, 0.5) is 4.39 Å². The smallest absolute Gasteiger partial charge is 0.128 e. The van der Waals surface area contributed by atoms with Gasteiger partial charge in [-0.15, -0.1) is 0 Å². The van der Waals surface area contributed by atoms with Crippen molar-refractivity contribution in [2.45, 2.75) is 13.1 Å². The van der Waals surface area contributed by atoms with Gasteiger partial charge in [0.15, 0.2) is 0 Å². The molecule has 5 heteroatoms. The van der Waals surface area contributed by atoms with E-state index in [1.807, 2.05) is 0 Å². The first-order valence-electron chi connectivity index (χ1n) is 5.62. The van der Waals surface area contributed by atoms with E-state index in [2.05, 4.69) is 0 Å². The molecule has 0 spiro atoms. The largest absolute Gasteiger partial charge is 0.395 e. The van der Waals surface area contributed by atoms with Crippen molar-refractivity contribution in [2.24, 2.45) is 5.73 Å². The van der Waals surface area contributed by atoms with Gasteiger partial charge in [0.2, 0.25) is 0 Å². The first kappa shape index (κ1) is 14.1. The molecule has 0 fully saturated rings. The molecule has 0 amide bonds. The summed E-state index contributed by atoms with van der Waals surface area (Å²) in [6.45, 7) is 1.49. The molecule has 0 aromatic heterocycles. The number of nitrogens with zero attached hydrogens (tertiary/aromatic N) is 1. The fraction of sp³-hybridized carbons (Fsp3) is 0.500. The van der Waals surface area contributed by atoms with Crippen LogP contribution in [0, 0.1) is 5.82 Å². The van der Waals surface area contributed by atoms with E-state index in [0.29, 0.717) is 31.7 Å². The molecule has 0 aliphatic rings. The molecule has 1 aromatic carbocycles. The molecule has 0 saturated heterocycles. The Labute approximate surface area is 100 Å². The zero-order chi connectivity index (χ0) is 12.7. The van der Waals surface area contributed by atoms with E-state index in [0.717, 1.165) is 5.56 Å². The standard InChI is InChI=1S/C12H19FN2O2/c13-12-7-10(8-14)1-2-11(12)9-15(3-5-16)4-6-17/h1-2,7,16-17H,3-6,8-9,14H2. The lowest BCUT2D eigenvalue weighted by atomic mass is 10.1. The van der Waals surface area contributed by atoms with Gasteiger partial charge in [-0.1, -0.05) is 12.1 Å². The summed E-state index contributed by atoms with van der Waals surface area (Å²) in [5, 5.41) is 17.7. The Bertz CT molecular complexity index is 341. The number of hydrogen-bond acceptors (Lipinski definition) is 4. The Hall–Kier alpha value is -1.01. The highest BCUT2D eigenvalue weighted by molar-refractivity contribution is 5.24. The van der Waals surface area contributed by atoms with Crippen molar-refractivity contribution >= 4 is 0 Å². The van der Waals surface area contributed by atoms with Crippen molar-refractivity contribution in [3.8, 4) is 0 Å². The van der Waals surface area contributed by atoms with E-state index < -0.39 is 0 Å². The molecule has 0 atom stereocenters. The first-order chi connectivity index (χ1) is 8.21. The van der Waals surface area contributed by atoms with Crippen molar-refractivity contribution in [3.05, 3.63) is 35.1 Å². The van der Waals surface area contributed by atoms with Crippen molar-refractivity contribution < 1.29 is 14.6 Å². The lowest BCUT2D eigenvalue weighted by Gasteiger charge is -2.20. The van der Waals surface area contributed by atoms with Gasteiger partial charge >= 0.3 is 0 Å². The molecule has 0 unspecified atom stereocenters. The van der Waals surface area contributed by atoms with E-state index in [-0.39, 0.29) is 19.0 Å². The zero-order valence-corrected chi connectivity index (χ0v) is 9.77. The second-order valence-corrected chi connectivity index (χ2v) is 3.85. The van der Waals surface area contributed by atoms with Crippen LogP contribution >= 0.6 is 0 Å². The summed E-state index contributed by atoms with van der Waals surface area (Å²) in [5.74, 6) is -0.297. The molecule has 0 bridgehead atoms. The summed E-state index contributed by atoms with van der Waals surface area (Å²) in [4.78, 5) is 1.79. The Morgan fingerprint density at radius 3 is 2.29 bits per heavy atom. The van der Waals surface area contributed by atoms with Gasteiger partial charge in [0.1, 0.15) is 5.82 Å². The molecular formula is C12H19FN2O2. The second-order valence-electron chi connectivity index (χ2n) is 3.85. The third-order valence-electron chi connectivity index (χ3n) is 2.58. The summed E-state index contributed by atoms with van der Waals surface area (Å²) >= 11 is 0. The first-order valence-corrected chi connectivity index (χ1v) is 5.62. The Morgan fingerprint density at radius 1 is 1.18 bits per heavy atom. The van der Waals surface area contributed by atoms with Crippen molar-refractivity contribution in [1.82, 2.24) is 4.90 Å². The molecular weight excluding hydrogens is 223 g/mol. The van der Waals surface area contributed by atoms with Gasteiger partial charge in [0.25, 0.3) is 0 Å². The fourth-order valence-electron chi connectivity index (χ4n) is 1.64. The van der Waals surface area contributed by atoms with Crippen LogP contribution in [0.5, 0.6) is 0 Å². The predicted molar refractivity (Wildman–Crippen MR) is 63.7 cm³/mol. The Kier molecular flexibility index (Phi) is 6.07. The van der Waals surface area contributed by atoms with Crippen LogP contribution in [-0.4, -0.2) is 41.4 Å². The molecule has 1 aromatic rings. The fourth-order valence-corrected chi connectivity index (χ4v) is 1.64. The minimum Gasteiger partial charge on any atom is -0.395 e. The number of aliphatic hydroxyl groups is 2. The van der Waals surface area contributed by atoms with E-state index in [9.17, 15) is 4.39 Å². The van der Waals surface area contributed by atoms with Gasteiger partial charge in [0.05, 0.1) is 13.2 Å². The molecule has 0 saturated carbocycles. The summed E-state index contributed by atoms with van der Waals surface area (Å²) < 4.78 is 13.7. The SMILES string of the molecule is NCc1ccc(CN(CCO)CCO)c(F)c1. The summed E-state index contributed by atoms with van der Waals surface area (Å²) in [7, 11) is 0. The maximum atomic E-state index is 13.7. The van der Waals surface area contributed by atoms with Crippen molar-refractivity contribution in [3.63, 3.8) is 0 Å². The topological polar surface area (TPSA) is 69.7 Å². The highest BCUT2D eigenvalue weighted by Crippen LogP contribution is 2.12. The van der Waals surface area contributed by atoms with Gasteiger partial charge in [-0.25, -0.2) is 4.39 Å². The Morgan fingerprint density at radius 2 is 1.82 bits per heavy atom. The number of benzene rings is 1. The maximum Gasteiger partial charge on any atom is 0.128 e. The zero-order valence-electron chi connectivity index (χ0n) is 9.77. The number of hydrogen-bond donors (Lipinski definition) is 3. The van der Waals surface area contributed by atoms with Crippen molar-refractivity contribution in [2.75, 3.05) is 26.3 Å². The van der Waals surface area contributed by atoms with E-state index >= 15 is 0 Å². The van der Waals surface area contributed by atoms with Crippen LogP contribution in [0.1, 0.15) is 11.1 Å². The van der Waals surface area contributed by atoms with Gasteiger partial charge in [0, 0.05) is 31.7 Å². The normalized spacial score (nSPS) is 11.1. The van der Waals surface area contributed by atoms with Gasteiger partial charge in [-0.05, 0) is 11.6 Å². The van der Waals surface area contributed by atoms with E-state index in [4.69, 9.17) is 15.9 Å². The number of nitrogens with two attached hydrogens (primary N) is 1. The molecule has 0 radical (unpaired) electrons.